The van der Waals surface area contributed by atoms with Gasteiger partial charge in [-0.15, -0.1) is 0 Å². The number of rotatable bonds is 12. The van der Waals surface area contributed by atoms with Crippen molar-refractivity contribution in [1.29, 1.82) is 5.41 Å². The zero-order valence-electron chi connectivity index (χ0n) is 27.2. The Balaban J connectivity index is 1.20. The van der Waals surface area contributed by atoms with Crippen LogP contribution in [-0.4, -0.2) is 60.6 Å². The summed E-state index contributed by atoms with van der Waals surface area (Å²) in [5.41, 5.74) is 8.77. The molecule has 9 N–H and O–H groups in total. The van der Waals surface area contributed by atoms with Crippen LogP contribution >= 0.6 is 15.9 Å². The number of nitrogens with zero attached hydrogens (tertiary/aromatic N) is 3. The minimum absolute atomic E-state index is 0.0359. The number of hydrogen-bond acceptors (Lipinski definition) is 6. The number of carbonyl (C=O) groups excluding carboxylic acids is 5. The molecule has 0 spiro atoms. The van der Waals surface area contributed by atoms with E-state index in [0.717, 1.165) is 0 Å². The summed E-state index contributed by atoms with van der Waals surface area (Å²) in [5, 5.41) is 21.7. The quantitative estimate of drug-likeness (QED) is 0.0538. The molecule has 5 aromatic rings. The number of aromatic nitrogens is 4. The molecule has 4 aromatic heterocycles. The van der Waals surface area contributed by atoms with Crippen LogP contribution in [0.25, 0.3) is 10.9 Å². The van der Waals surface area contributed by atoms with Gasteiger partial charge in [-0.2, -0.15) is 0 Å². The predicted molar refractivity (Wildman–Crippen MR) is 194 cm³/mol. The Hall–Kier alpha value is -6.36. The highest BCUT2D eigenvalue weighted by molar-refractivity contribution is 9.12. The van der Waals surface area contributed by atoms with Crippen LogP contribution in [0.5, 0.6) is 0 Å². The molecule has 17 heteroatoms. The SMILES string of the molecule is C=C(Br)C(=O)Nc1ccc2[nH]c(C(=O)Nc3cc(C(=O)Nc4cc(C(=O)Nc5cc(C(=O)NCCC(=N)N)n(C)c5)n(C)c4)n(C)c3)cc2c1. The van der Waals surface area contributed by atoms with Crippen molar-refractivity contribution in [3.05, 3.63) is 94.9 Å². The van der Waals surface area contributed by atoms with Crippen molar-refractivity contribution in [3.8, 4) is 0 Å². The summed E-state index contributed by atoms with van der Waals surface area (Å²) in [6.07, 6.45) is 4.99. The van der Waals surface area contributed by atoms with Crippen molar-refractivity contribution in [2.45, 2.75) is 6.42 Å². The van der Waals surface area contributed by atoms with E-state index in [-0.39, 0.29) is 52.2 Å². The van der Waals surface area contributed by atoms with Crippen LogP contribution in [0.4, 0.5) is 22.7 Å². The van der Waals surface area contributed by atoms with Crippen LogP contribution in [0, 0.1) is 5.41 Å². The average Bonchev–Trinajstić information content (AvgIpc) is 3.81. The number of amidine groups is 1. The smallest absolute Gasteiger partial charge is 0.272 e. The molecule has 258 valence electrons. The second-order valence-corrected chi connectivity index (χ2v) is 12.4. The van der Waals surface area contributed by atoms with Crippen LogP contribution in [0.2, 0.25) is 0 Å². The number of H-pyrrole nitrogens is 1. The van der Waals surface area contributed by atoms with Gasteiger partial charge >= 0.3 is 0 Å². The molecule has 16 nitrogen and oxygen atoms in total. The van der Waals surface area contributed by atoms with Crippen LogP contribution in [-0.2, 0) is 25.9 Å². The van der Waals surface area contributed by atoms with E-state index in [9.17, 15) is 24.0 Å². The van der Waals surface area contributed by atoms with E-state index in [1.54, 1.807) is 77.7 Å². The maximum absolute atomic E-state index is 13.2. The van der Waals surface area contributed by atoms with Gasteiger partial charge in [-0.3, -0.25) is 29.4 Å². The molecule has 50 heavy (non-hydrogen) atoms. The molecule has 5 rings (SSSR count). The van der Waals surface area contributed by atoms with E-state index in [1.165, 1.54) is 18.2 Å². The molecule has 4 heterocycles. The lowest BCUT2D eigenvalue weighted by atomic mass is 10.2. The topological polar surface area (TPSA) is 226 Å². The predicted octanol–water partition coefficient (Wildman–Crippen LogP) is 3.84. The molecule has 0 bridgehead atoms. The number of carbonyl (C=O) groups is 5. The zero-order valence-corrected chi connectivity index (χ0v) is 28.8. The highest BCUT2D eigenvalue weighted by atomic mass is 79.9. The van der Waals surface area contributed by atoms with Gasteiger partial charge in [-0.05, 0) is 58.4 Å². The number of halogens is 1. The number of benzene rings is 1. The van der Waals surface area contributed by atoms with Crippen molar-refractivity contribution >= 4 is 85.0 Å². The molecule has 0 saturated heterocycles. The number of anilines is 4. The van der Waals surface area contributed by atoms with Gasteiger partial charge < -0.3 is 51.0 Å². The van der Waals surface area contributed by atoms with Gasteiger partial charge in [0.1, 0.15) is 22.8 Å². The van der Waals surface area contributed by atoms with Gasteiger partial charge in [0.05, 0.1) is 27.4 Å². The van der Waals surface area contributed by atoms with Gasteiger partial charge in [0, 0.05) is 69.3 Å². The number of fused-ring (bicyclic) bond motifs is 1. The summed E-state index contributed by atoms with van der Waals surface area (Å²) in [6, 6.07) is 11.4. The lowest BCUT2D eigenvalue weighted by molar-refractivity contribution is -0.112. The second-order valence-electron chi connectivity index (χ2n) is 11.4. The van der Waals surface area contributed by atoms with Crippen molar-refractivity contribution in [2.75, 3.05) is 27.8 Å². The fourth-order valence-electron chi connectivity index (χ4n) is 5.10. The highest BCUT2D eigenvalue weighted by Gasteiger charge is 2.20. The van der Waals surface area contributed by atoms with E-state index in [2.05, 4.69) is 54.1 Å². The molecule has 0 saturated carbocycles. The number of amides is 5. The molecule has 0 unspecified atom stereocenters. The van der Waals surface area contributed by atoms with Gasteiger partial charge in [-0.25, -0.2) is 0 Å². The minimum Gasteiger partial charge on any atom is -0.388 e. The lowest BCUT2D eigenvalue weighted by Crippen LogP contribution is -2.28. The maximum atomic E-state index is 13.2. The van der Waals surface area contributed by atoms with Gasteiger partial charge in [0.15, 0.2) is 0 Å². The third-order valence-corrected chi connectivity index (χ3v) is 7.90. The summed E-state index contributed by atoms with van der Waals surface area (Å²) in [4.78, 5) is 66.8. The van der Waals surface area contributed by atoms with Gasteiger partial charge in [-0.1, -0.05) is 6.58 Å². The summed E-state index contributed by atoms with van der Waals surface area (Å²) >= 11 is 3.04. The van der Waals surface area contributed by atoms with Crippen LogP contribution < -0.4 is 32.3 Å². The van der Waals surface area contributed by atoms with E-state index < -0.39 is 17.7 Å². The number of aromatic amines is 1. The number of nitrogens with two attached hydrogens (primary N) is 1. The summed E-state index contributed by atoms with van der Waals surface area (Å²) in [7, 11) is 4.98. The summed E-state index contributed by atoms with van der Waals surface area (Å²) in [5.74, 6) is -2.17. The van der Waals surface area contributed by atoms with Crippen molar-refractivity contribution in [3.63, 3.8) is 0 Å². The molecule has 0 aliphatic heterocycles. The first-order chi connectivity index (χ1) is 23.7. The Bertz CT molecular complexity index is 2200. The highest BCUT2D eigenvalue weighted by Crippen LogP contribution is 2.23. The Morgan fingerprint density at radius 1 is 0.740 bits per heavy atom. The Morgan fingerprint density at radius 2 is 1.24 bits per heavy atom. The fourth-order valence-corrected chi connectivity index (χ4v) is 5.20. The third-order valence-electron chi connectivity index (χ3n) is 7.54. The molecule has 5 amide bonds. The van der Waals surface area contributed by atoms with Gasteiger partial charge in [0.2, 0.25) is 0 Å². The Labute approximate surface area is 293 Å². The van der Waals surface area contributed by atoms with E-state index in [0.29, 0.717) is 39.3 Å². The molecular weight excluding hydrogens is 710 g/mol. The summed E-state index contributed by atoms with van der Waals surface area (Å²) < 4.78 is 4.86. The first kappa shape index (κ1) is 35.0. The second kappa shape index (κ2) is 14.4. The molecule has 0 fully saturated rings. The first-order valence-corrected chi connectivity index (χ1v) is 15.8. The zero-order chi connectivity index (χ0) is 36.3. The molecular formula is C33H34BrN11O5. The Morgan fingerprint density at radius 3 is 1.74 bits per heavy atom. The maximum Gasteiger partial charge on any atom is 0.272 e. The number of hydrogen-bond donors (Lipinski definition) is 8. The lowest BCUT2D eigenvalue weighted by Gasteiger charge is -2.04. The monoisotopic (exact) mass is 743 g/mol. The minimum atomic E-state index is -0.472. The Kier molecular flexibility index (Phi) is 10.1. The van der Waals surface area contributed by atoms with Crippen molar-refractivity contribution in [1.82, 2.24) is 24.0 Å². The van der Waals surface area contributed by atoms with Crippen LogP contribution in [0.1, 0.15) is 48.4 Å². The molecule has 1 aromatic carbocycles. The normalized spacial score (nSPS) is 10.8. The largest absolute Gasteiger partial charge is 0.388 e. The van der Waals surface area contributed by atoms with Crippen molar-refractivity contribution in [2.24, 2.45) is 26.9 Å². The van der Waals surface area contributed by atoms with Crippen LogP contribution in [0.15, 0.2) is 72.1 Å². The molecule has 0 radical (unpaired) electrons. The molecule has 0 aliphatic carbocycles. The average molecular weight is 745 g/mol. The number of aryl methyl sites for hydroxylation is 3. The van der Waals surface area contributed by atoms with Crippen molar-refractivity contribution < 1.29 is 24.0 Å². The van der Waals surface area contributed by atoms with E-state index >= 15 is 0 Å². The standard InChI is InChI=1S/C33H34BrN11O5/c1-17(34)29(46)38-19-5-6-23-18(9-19)10-24(42-23)30(47)39-20-12-26(44(3)14-20)32(49)41-22-13-27(45(4)16-22)33(50)40-21-11-25(43(2)15-21)31(48)37-8-7-28(35)36/h5-6,9-16,42H,1,7-8H2,2-4H3,(H3,35,36)(H,37,48)(H,38,46)(H,39,47)(H,40,50)(H,41,49). The third kappa shape index (κ3) is 8.01. The van der Waals surface area contributed by atoms with E-state index in [4.69, 9.17) is 11.1 Å². The van der Waals surface area contributed by atoms with E-state index in [1.807, 2.05) is 0 Å². The first-order valence-electron chi connectivity index (χ1n) is 15.0. The van der Waals surface area contributed by atoms with Gasteiger partial charge in [0.25, 0.3) is 29.5 Å². The van der Waals surface area contributed by atoms with Crippen LogP contribution in [0.3, 0.4) is 0 Å². The molecule has 0 aliphatic rings. The molecule has 0 atom stereocenters. The summed E-state index contributed by atoms with van der Waals surface area (Å²) in [6.45, 7) is 3.76. The fraction of sp³-hybridized carbons (Fsp3) is 0.152. The number of nitrogens with one attached hydrogen (secondary N) is 7.